The summed E-state index contributed by atoms with van der Waals surface area (Å²) >= 11 is 3.48. The number of hydrogen-bond acceptors (Lipinski definition) is 3. The van der Waals surface area contributed by atoms with Gasteiger partial charge in [-0.25, -0.2) is 4.79 Å². The Bertz CT molecular complexity index is 709. The maximum atomic E-state index is 12.3. The van der Waals surface area contributed by atoms with E-state index in [0.717, 1.165) is 15.6 Å². The molecule has 4 nitrogen and oxygen atoms in total. The van der Waals surface area contributed by atoms with Gasteiger partial charge in [0.2, 0.25) is 0 Å². The number of halogens is 1. The van der Waals surface area contributed by atoms with Crippen molar-refractivity contribution < 1.29 is 14.7 Å². The number of hydrogen-bond donors (Lipinski definition) is 2. The predicted molar refractivity (Wildman–Crippen MR) is 92.5 cm³/mol. The molecule has 0 fully saturated rings. The van der Waals surface area contributed by atoms with Crippen molar-refractivity contribution in [1.29, 1.82) is 0 Å². The molecule has 0 bridgehead atoms. The van der Waals surface area contributed by atoms with Gasteiger partial charge in [-0.3, -0.25) is 4.79 Å². The zero-order valence-corrected chi connectivity index (χ0v) is 14.5. The molecule has 2 rings (SSSR count). The van der Waals surface area contributed by atoms with Crippen molar-refractivity contribution in [3.63, 3.8) is 0 Å². The number of carboxylic acid groups (broad SMARTS) is 1. The van der Waals surface area contributed by atoms with Gasteiger partial charge in [0.05, 0.1) is 16.1 Å². The van der Waals surface area contributed by atoms with Gasteiger partial charge in [0.1, 0.15) is 0 Å². The van der Waals surface area contributed by atoms with Crippen LogP contribution in [0.1, 0.15) is 37.4 Å². The van der Waals surface area contributed by atoms with E-state index in [1.807, 2.05) is 42.5 Å². The zero-order chi connectivity index (χ0) is 15.6. The molecular formula is C15H14INO3S. The predicted octanol–water partition coefficient (Wildman–Crippen LogP) is 4.17. The lowest BCUT2D eigenvalue weighted by atomic mass is 10.1. The molecule has 0 aliphatic rings. The molecule has 0 atom stereocenters. The number of carboxylic acids is 1. The van der Waals surface area contributed by atoms with Crippen LogP contribution in [0.2, 0.25) is 0 Å². The third-order valence-corrected chi connectivity index (χ3v) is 5.08. The number of aryl methyl sites for hydroxylation is 2. The largest absolute Gasteiger partial charge is 0.478 e. The number of carbonyl (C=O) groups excluding carboxylic acids is 1. The van der Waals surface area contributed by atoms with Crippen molar-refractivity contribution in [2.75, 3.05) is 5.32 Å². The average Bonchev–Trinajstić information content (AvgIpc) is 2.81. The number of rotatable bonds is 4. The number of benzene rings is 1. The smallest absolute Gasteiger partial charge is 0.337 e. The van der Waals surface area contributed by atoms with Crippen LogP contribution in [-0.4, -0.2) is 17.0 Å². The van der Waals surface area contributed by atoms with Crippen LogP contribution >= 0.6 is 33.9 Å². The lowest BCUT2D eigenvalue weighted by Gasteiger charge is -2.08. The highest BCUT2D eigenvalue weighted by atomic mass is 127. The fraction of sp³-hybridized carbons (Fsp3) is 0.200. The number of nitrogens with one attached hydrogen (secondary N) is 1. The molecule has 0 spiro atoms. The molecule has 2 aromatic rings. The molecule has 2 N–H and O–H groups in total. The second-order valence-corrected chi connectivity index (χ2v) is 6.90. The second-order valence-electron chi connectivity index (χ2n) is 4.52. The van der Waals surface area contributed by atoms with Crippen LogP contribution in [-0.2, 0) is 6.42 Å². The summed E-state index contributed by atoms with van der Waals surface area (Å²) in [5.74, 6) is -1.33. The zero-order valence-electron chi connectivity index (χ0n) is 11.6. The highest BCUT2D eigenvalue weighted by molar-refractivity contribution is 14.1. The van der Waals surface area contributed by atoms with Gasteiger partial charge in [0, 0.05) is 8.45 Å². The maximum absolute atomic E-state index is 12.3. The average molecular weight is 415 g/mol. The monoisotopic (exact) mass is 415 g/mol. The van der Waals surface area contributed by atoms with E-state index < -0.39 is 5.97 Å². The molecule has 0 unspecified atom stereocenters. The van der Waals surface area contributed by atoms with E-state index in [9.17, 15) is 14.7 Å². The SMILES string of the molecule is CCc1sc(C(=O)Nc2ccc(I)cc2C(=O)O)cc1C. The molecule has 0 saturated carbocycles. The normalized spacial score (nSPS) is 10.4. The topological polar surface area (TPSA) is 66.4 Å². The first kappa shape index (κ1) is 16.0. The van der Waals surface area contributed by atoms with Crippen LogP contribution in [0.5, 0.6) is 0 Å². The fourth-order valence-corrected chi connectivity index (χ4v) is 3.47. The summed E-state index contributed by atoms with van der Waals surface area (Å²) in [6, 6.07) is 6.76. The van der Waals surface area contributed by atoms with Gasteiger partial charge in [0.15, 0.2) is 0 Å². The quantitative estimate of drug-likeness (QED) is 0.737. The van der Waals surface area contributed by atoms with Gasteiger partial charge in [-0.05, 0) is 65.8 Å². The first-order valence-corrected chi connectivity index (χ1v) is 8.25. The Kier molecular flexibility index (Phi) is 5.00. The van der Waals surface area contributed by atoms with Gasteiger partial charge in [-0.15, -0.1) is 11.3 Å². The lowest BCUT2D eigenvalue weighted by Crippen LogP contribution is -2.13. The van der Waals surface area contributed by atoms with E-state index in [-0.39, 0.29) is 11.5 Å². The molecule has 0 aliphatic heterocycles. The van der Waals surface area contributed by atoms with Crippen molar-refractivity contribution in [3.05, 3.63) is 48.7 Å². The van der Waals surface area contributed by atoms with Crippen molar-refractivity contribution in [3.8, 4) is 0 Å². The Hall–Kier alpha value is -1.41. The summed E-state index contributed by atoms with van der Waals surface area (Å²) in [5.41, 5.74) is 1.50. The number of thiophene rings is 1. The van der Waals surface area contributed by atoms with E-state index in [1.165, 1.54) is 22.3 Å². The third kappa shape index (κ3) is 3.62. The van der Waals surface area contributed by atoms with Crippen molar-refractivity contribution in [2.45, 2.75) is 20.3 Å². The molecule has 1 amide bonds. The van der Waals surface area contributed by atoms with E-state index in [1.54, 1.807) is 12.1 Å². The first-order chi connectivity index (χ1) is 9.92. The van der Waals surface area contributed by atoms with Crippen LogP contribution in [0.15, 0.2) is 24.3 Å². The number of carbonyl (C=O) groups is 2. The van der Waals surface area contributed by atoms with Crippen molar-refractivity contribution in [1.82, 2.24) is 0 Å². The molecule has 21 heavy (non-hydrogen) atoms. The minimum Gasteiger partial charge on any atom is -0.478 e. The summed E-state index contributed by atoms with van der Waals surface area (Å²) in [5, 5.41) is 11.9. The Morgan fingerprint density at radius 2 is 2.05 bits per heavy atom. The maximum Gasteiger partial charge on any atom is 0.337 e. The second kappa shape index (κ2) is 6.57. The van der Waals surface area contributed by atoms with Crippen LogP contribution in [0.4, 0.5) is 5.69 Å². The van der Waals surface area contributed by atoms with Crippen LogP contribution in [0.25, 0.3) is 0 Å². The minimum absolute atomic E-state index is 0.0965. The molecular weight excluding hydrogens is 401 g/mol. The third-order valence-electron chi connectivity index (χ3n) is 3.03. The molecule has 110 valence electrons. The molecule has 1 aromatic heterocycles. The van der Waals surface area contributed by atoms with Gasteiger partial charge >= 0.3 is 5.97 Å². The van der Waals surface area contributed by atoms with Crippen LogP contribution in [0, 0.1) is 10.5 Å². The summed E-state index contributed by atoms with van der Waals surface area (Å²) < 4.78 is 0.809. The van der Waals surface area contributed by atoms with E-state index in [4.69, 9.17) is 0 Å². The number of aromatic carboxylic acids is 1. The molecule has 6 heteroatoms. The van der Waals surface area contributed by atoms with Gasteiger partial charge in [-0.2, -0.15) is 0 Å². The Labute approximate surface area is 140 Å². The van der Waals surface area contributed by atoms with Crippen LogP contribution in [0.3, 0.4) is 0 Å². The van der Waals surface area contributed by atoms with E-state index >= 15 is 0 Å². The summed E-state index contributed by atoms with van der Waals surface area (Å²) in [7, 11) is 0. The molecule has 0 radical (unpaired) electrons. The van der Waals surface area contributed by atoms with E-state index in [2.05, 4.69) is 5.32 Å². The van der Waals surface area contributed by atoms with Crippen molar-refractivity contribution >= 4 is 51.5 Å². The van der Waals surface area contributed by atoms with E-state index in [0.29, 0.717) is 10.6 Å². The summed E-state index contributed by atoms with van der Waals surface area (Å²) in [6.45, 7) is 4.02. The Morgan fingerprint density at radius 1 is 1.33 bits per heavy atom. The molecule has 1 aromatic carbocycles. The Morgan fingerprint density at radius 3 is 2.62 bits per heavy atom. The van der Waals surface area contributed by atoms with Gasteiger partial charge in [-0.1, -0.05) is 6.92 Å². The van der Waals surface area contributed by atoms with Crippen molar-refractivity contribution in [2.24, 2.45) is 0 Å². The fourth-order valence-electron chi connectivity index (χ4n) is 1.97. The van der Waals surface area contributed by atoms with Gasteiger partial charge < -0.3 is 10.4 Å². The molecule has 0 aliphatic carbocycles. The minimum atomic E-state index is -1.06. The highest BCUT2D eigenvalue weighted by Gasteiger charge is 2.16. The summed E-state index contributed by atoms with van der Waals surface area (Å²) in [4.78, 5) is 25.3. The summed E-state index contributed by atoms with van der Waals surface area (Å²) in [6.07, 6.45) is 0.883. The molecule has 0 saturated heterocycles. The lowest BCUT2D eigenvalue weighted by molar-refractivity contribution is 0.0698. The number of amides is 1. The standard InChI is InChI=1S/C15H14INO3S/c1-3-12-8(2)6-13(21-12)14(18)17-11-5-4-9(16)7-10(11)15(19)20/h4-7H,3H2,1-2H3,(H,17,18)(H,19,20). The number of anilines is 1. The van der Waals surface area contributed by atoms with Crippen LogP contribution < -0.4 is 5.32 Å². The first-order valence-electron chi connectivity index (χ1n) is 6.36. The molecule has 1 heterocycles. The highest BCUT2D eigenvalue weighted by Crippen LogP contribution is 2.25. The Balaban J connectivity index is 2.29. The van der Waals surface area contributed by atoms with Gasteiger partial charge in [0.25, 0.3) is 5.91 Å².